The predicted octanol–water partition coefficient (Wildman–Crippen LogP) is 5.64. The molecule has 0 saturated carbocycles. The van der Waals surface area contributed by atoms with Gasteiger partial charge in [0.1, 0.15) is 11.1 Å². The number of amides is 3. The van der Waals surface area contributed by atoms with E-state index in [1.165, 1.54) is 11.3 Å². The highest BCUT2D eigenvalue weighted by atomic mass is 32.1. The first-order valence-electron chi connectivity index (χ1n) is 11.0. The molecule has 168 valence electrons. The van der Waals surface area contributed by atoms with Crippen LogP contribution in [0.5, 0.6) is 0 Å². The van der Waals surface area contributed by atoms with Crippen molar-refractivity contribution in [3.8, 4) is 6.07 Å². The third kappa shape index (κ3) is 3.89. The van der Waals surface area contributed by atoms with Gasteiger partial charge < -0.3 is 10.2 Å². The second kappa shape index (κ2) is 9.00. The fraction of sp³-hybridized carbons (Fsp3) is 0.148. The summed E-state index contributed by atoms with van der Waals surface area (Å²) in [5.41, 5.74) is 2.81. The van der Waals surface area contributed by atoms with E-state index in [-0.39, 0.29) is 11.9 Å². The standard InChI is InChI=1S/C27H22N4O2S/c1-30(19-10-3-2-4-11-19)27(33)31-15-14-21-23(16-28)26(34-24(21)17-31)29-25(32)22-13-7-9-18-8-5-6-12-20(18)22/h2-13H,14-15,17H2,1H3,(H,29,32). The Labute approximate surface area is 201 Å². The molecule has 1 N–H and O–H groups in total. The SMILES string of the molecule is CN(C(=O)N1CCc2c(sc(NC(=O)c3cccc4ccccc34)c2C#N)C1)c1ccccc1. The fourth-order valence-electron chi connectivity index (χ4n) is 4.34. The van der Waals surface area contributed by atoms with Crippen LogP contribution >= 0.6 is 11.3 Å². The minimum atomic E-state index is -0.247. The van der Waals surface area contributed by atoms with Crippen molar-refractivity contribution in [1.82, 2.24) is 4.90 Å². The molecule has 2 heterocycles. The van der Waals surface area contributed by atoms with E-state index in [9.17, 15) is 14.9 Å². The molecule has 0 aliphatic carbocycles. The van der Waals surface area contributed by atoms with Gasteiger partial charge in [0, 0.05) is 29.7 Å². The maximum atomic E-state index is 13.1. The van der Waals surface area contributed by atoms with Gasteiger partial charge in [-0.25, -0.2) is 4.79 Å². The van der Waals surface area contributed by atoms with Crippen molar-refractivity contribution in [2.24, 2.45) is 0 Å². The predicted molar refractivity (Wildman–Crippen MR) is 135 cm³/mol. The molecule has 0 unspecified atom stereocenters. The zero-order valence-electron chi connectivity index (χ0n) is 18.6. The number of nitrogens with one attached hydrogen (secondary N) is 1. The summed E-state index contributed by atoms with van der Waals surface area (Å²) < 4.78 is 0. The third-order valence-corrected chi connectivity index (χ3v) is 7.26. The number of hydrogen-bond donors (Lipinski definition) is 1. The lowest BCUT2D eigenvalue weighted by Gasteiger charge is -2.31. The molecule has 1 aliphatic heterocycles. The van der Waals surface area contributed by atoms with Crippen LogP contribution in [0.15, 0.2) is 72.8 Å². The van der Waals surface area contributed by atoms with Gasteiger partial charge in [-0.15, -0.1) is 11.3 Å². The summed E-state index contributed by atoms with van der Waals surface area (Å²) in [6.45, 7) is 0.931. The molecule has 3 aromatic carbocycles. The van der Waals surface area contributed by atoms with Crippen molar-refractivity contribution in [3.63, 3.8) is 0 Å². The lowest BCUT2D eigenvalue weighted by Crippen LogP contribution is -2.43. The molecule has 0 radical (unpaired) electrons. The normalized spacial score (nSPS) is 12.6. The van der Waals surface area contributed by atoms with Gasteiger partial charge in [0.05, 0.1) is 12.1 Å². The van der Waals surface area contributed by atoms with Crippen molar-refractivity contribution in [3.05, 3.63) is 94.4 Å². The lowest BCUT2D eigenvalue weighted by atomic mass is 10.0. The number of fused-ring (bicyclic) bond motifs is 2. The average molecular weight is 467 g/mol. The van der Waals surface area contributed by atoms with E-state index in [0.717, 1.165) is 26.9 Å². The highest BCUT2D eigenvalue weighted by Crippen LogP contribution is 2.37. The number of benzene rings is 3. The summed E-state index contributed by atoms with van der Waals surface area (Å²) in [5, 5.41) is 15.2. The second-order valence-electron chi connectivity index (χ2n) is 8.15. The van der Waals surface area contributed by atoms with Crippen LogP contribution in [0.25, 0.3) is 10.8 Å². The quantitative estimate of drug-likeness (QED) is 0.424. The highest BCUT2D eigenvalue weighted by molar-refractivity contribution is 7.16. The number of nitriles is 1. The molecule has 6 nitrogen and oxygen atoms in total. The van der Waals surface area contributed by atoms with Crippen LogP contribution < -0.4 is 10.2 Å². The van der Waals surface area contributed by atoms with Crippen molar-refractivity contribution in [2.45, 2.75) is 13.0 Å². The first kappa shape index (κ1) is 21.7. The van der Waals surface area contributed by atoms with Crippen molar-refractivity contribution in [1.29, 1.82) is 5.26 Å². The molecule has 0 atom stereocenters. The van der Waals surface area contributed by atoms with Gasteiger partial charge in [0.15, 0.2) is 0 Å². The van der Waals surface area contributed by atoms with Gasteiger partial charge in [0.2, 0.25) is 0 Å². The van der Waals surface area contributed by atoms with Crippen molar-refractivity contribution in [2.75, 3.05) is 23.8 Å². The summed E-state index contributed by atoms with van der Waals surface area (Å²) in [6, 6.07) is 25.0. The van der Waals surface area contributed by atoms with Gasteiger partial charge in [0.25, 0.3) is 5.91 Å². The van der Waals surface area contributed by atoms with Crippen LogP contribution in [0.2, 0.25) is 0 Å². The lowest BCUT2D eigenvalue weighted by molar-refractivity contribution is 0.102. The number of rotatable bonds is 3. The van der Waals surface area contributed by atoms with E-state index in [1.54, 1.807) is 22.9 Å². The van der Waals surface area contributed by atoms with Gasteiger partial charge in [-0.1, -0.05) is 54.6 Å². The van der Waals surface area contributed by atoms with Crippen LogP contribution in [-0.4, -0.2) is 30.4 Å². The molecule has 0 saturated heterocycles. The Morgan fingerprint density at radius 3 is 2.56 bits per heavy atom. The largest absolute Gasteiger partial charge is 0.324 e. The topological polar surface area (TPSA) is 76.4 Å². The van der Waals surface area contributed by atoms with Crippen molar-refractivity contribution >= 4 is 44.7 Å². The maximum Gasteiger partial charge on any atom is 0.324 e. The molecule has 3 amide bonds. The van der Waals surface area contributed by atoms with E-state index < -0.39 is 0 Å². The molecule has 0 fully saturated rings. The number of anilines is 2. The van der Waals surface area contributed by atoms with Gasteiger partial charge in [-0.3, -0.25) is 9.69 Å². The minimum Gasteiger partial charge on any atom is -0.319 e. The Kier molecular flexibility index (Phi) is 5.74. The molecule has 7 heteroatoms. The van der Waals surface area contributed by atoms with Crippen molar-refractivity contribution < 1.29 is 9.59 Å². The van der Waals surface area contributed by atoms with E-state index >= 15 is 0 Å². The number of carbonyl (C=O) groups excluding carboxylic acids is 2. The molecule has 0 bridgehead atoms. The van der Waals surface area contributed by atoms with Crippen LogP contribution in [0, 0.1) is 11.3 Å². The first-order valence-corrected chi connectivity index (χ1v) is 11.8. The Morgan fingerprint density at radius 1 is 1.03 bits per heavy atom. The Balaban J connectivity index is 1.39. The summed E-state index contributed by atoms with van der Waals surface area (Å²) in [7, 11) is 1.76. The average Bonchev–Trinajstić information content (AvgIpc) is 3.23. The van der Waals surface area contributed by atoms with Crippen LogP contribution in [0.4, 0.5) is 15.5 Å². The molecular weight excluding hydrogens is 444 g/mol. The Bertz CT molecular complexity index is 1430. The molecule has 1 aromatic heterocycles. The summed E-state index contributed by atoms with van der Waals surface area (Å²) in [5.74, 6) is -0.247. The number of para-hydroxylation sites is 1. The highest BCUT2D eigenvalue weighted by Gasteiger charge is 2.29. The van der Waals surface area contributed by atoms with E-state index in [1.807, 2.05) is 66.7 Å². The monoisotopic (exact) mass is 466 g/mol. The van der Waals surface area contributed by atoms with Gasteiger partial charge >= 0.3 is 6.03 Å². The molecule has 1 aliphatic rings. The van der Waals surface area contributed by atoms with Crippen LogP contribution in [-0.2, 0) is 13.0 Å². The third-order valence-electron chi connectivity index (χ3n) is 6.13. The number of urea groups is 1. The van der Waals surface area contributed by atoms with E-state index in [0.29, 0.717) is 35.6 Å². The number of carbonyl (C=O) groups is 2. The minimum absolute atomic E-state index is 0.0925. The zero-order chi connectivity index (χ0) is 23.7. The molecule has 4 aromatic rings. The summed E-state index contributed by atoms with van der Waals surface area (Å²) in [6.07, 6.45) is 0.577. The van der Waals surface area contributed by atoms with E-state index in [4.69, 9.17) is 0 Å². The number of hydrogen-bond acceptors (Lipinski definition) is 4. The Hall–Kier alpha value is -4.15. The summed E-state index contributed by atoms with van der Waals surface area (Å²) in [4.78, 5) is 30.6. The smallest absolute Gasteiger partial charge is 0.319 e. The van der Waals surface area contributed by atoms with Crippen LogP contribution in [0.1, 0.15) is 26.4 Å². The van der Waals surface area contributed by atoms with Gasteiger partial charge in [-0.2, -0.15) is 5.26 Å². The number of thiophene rings is 1. The van der Waals surface area contributed by atoms with Gasteiger partial charge in [-0.05, 0) is 41.0 Å². The zero-order valence-corrected chi connectivity index (χ0v) is 19.4. The fourth-order valence-corrected chi connectivity index (χ4v) is 5.55. The first-order chi connectivity index (χ1) is 16.6. The maximum absolute atomic E-state index is 13.1. The molecule has 0 spiro atoms. The molecule has 5 rings (SSSR count). The number of nitrogens with zero attached hydrogens (tertiary/aromatic N) is 3. The molecular formula is C27H22N4O2S. The van der Waals surface area contributed by atoms with Crippen LogP contribution in [0.3, 0.4) is 0 Å². The summed E-state index contributed by atoms with van der Waals surface area (Å²) >= 11 is 1.38. The molecule has 34 heavy (non-hydrogen) atoms. The second-order valence-corrected chi connectivity index (χ2v) is 9.25. The Morgan fingerprint density at radius 2 is 1.76 bits per heavy atom. The van der Waals surface area contributed by atoms with E-state index in [2.05, 4.69) is 11.4 Å².